The van der Waals surface area contributed by atoms with E-state index in [1.54, 1.807) is 0 Å². The predicted molar refractivity (Wildman–Crippen MR) is 45.3 cm³/mol. The van der Waals surface area contributed by atoms with Gasteiger partial charge in [-0.2, -0.15) is 0 Å². The van der Waals surface area contributed by atoms with Gasteiger partial charge in [0.1, 0.15) is 0 Å². The Hall–Kier alpha value is -1.72. The summed E-state index contributed by atoms with van der Waals surface area (Å²) in [6, 6.07) is 0. The molecule has 1 rings (SSSR count). The van der Waals surface area contributed by atoms with Crippen molar-refractivity contribution in [3.8, 4) is 0 Å². The van der Waals surface area contributed by atoms with Crippen LogP contribution in [-0.4, -0.2) is 23.9 Å². The van der Waals surface area contributed by atoms with Gasteiger partial charge in [0.25, 0.3) is 0 Å². The number of carbonyl (C=O) groups is 4. The van der Waals surface area contributed by atoms with Crippen molar-refractivity contribution in [1.29, 1.82) is 0 Å². The summed E-state index contributed by atoms with van der Waals surface area (Å²) < 4.78 is 8.28. The number of rotatable bonds is 0. The van der Waals surface area contributed by atoms with E-state index in [-0.39, 0.29) is 12.8 Å². The summed E-state index contributed by atoms with van der Waals surface area (Å²) in [5, 5.41) is 0. The molecule has 1 saturated heterocycles. The molecule has 0 unspecified atom stereocenters. The van der Waals surface area contributed by atoms with Gasteiger partial charge in [-0.25, -0.2) is 9.59 Å². The van der Waals surface area contributed by atoms with Crippen LogP contribution in [-0.2, 0) is 28.7 Å². The van der Waals surface area contributed by atoms with E-state index in [1.165, 1.54) is 0 Å². The fourth-order valence-electron chi connectivity index (χ4n) is 1.11. The van der Waals surface area contributed by atoms with E-state index in [4.69, 9.17) is 0 Å². The van der Waals surface area contributed by atoms with E-state index in [1.807, 2.05) is 0 Å². The van der Waals surface area contributed by atoms with Gasteiger partial charge < -0.3 is 9.47 Å². The lowest BCUT2D eigenvalue weighted by atomic mass is 10.1. The van der Waals surface area contributed by atoms with Crippen LogP contribution in [0.2, 0.25) is 0 Å². The Balaban J connectivity index is 2.63. The van der Waals surface area contributed by atoms with Crippen LogP contribution in [0.3, 0.4) is 0 Å². The van der Waals surface area contributed by atoms with Gasteiger partial charge in [0.15, 0.2) is 0 Å². The van der Waals surface area contributed by atoms with E-state index in [0.29, 0.717) is 19.3 Å². The fourth-order valence-corrected chi connectivity index (χ4v) is 1.11. The summed E-state index contributed by atoms with van der Waals surface area (Å²) in [7, 11) is 0. The summed E-state index contributed by atoms with van der Waals surface area (Å²) in [6.07, 6.45) is 1.81. The van der Waals surface area contributed by atoms with E-state index in [9.17, 15) is 19.2 Å². The zero-order chi connectivity index (χ0) is 11.3. The second kappa shape index (κ2) is 5.23. The highest BCUT2D eigenvalue weighted by Crippen LogP contribution is 2.07. The molecule has 0 saturated carbocycles. The van der Waals surface area contributed by atoms with Crippen LogP contribution < -0.4 is 0 Å². The third-order valence-electron chi connectivity index (χ3n) is 1.84. The monoisotopic (exact) mass is 214 g/mol. The SMILES string of the molecule is O=C1CCCCCC(=O)OC(=O)C(=O)O1. The molecule has 0 bridgehead atoms. The molecule has 0 spiro atoms. The van der Waals surface area contributed by atoms with Gasteiger partial charge in [-0.3, -0.25) is 9.59 Å². The normalized spacial score (nSPS) is 20.3. The zero-order valence-electron chi connectivity index (χ0n) is 7.99. The van der Waals surface area contributed by atoms with E-state index < -0.39 is 23.9 Å². The van der Waals surface area contributed by atoms with Gasteiger partial charge in [0, 0.05) is 12.8 Å². The van der Waals surface area contributed by atoms with Crippen molar-refractivity contribution < 1.29 is 28.7 Å². The number of ether oxygens (including phenoxy) is 2. The minimum absolute atomic E-state index is 0.0627. The Kier molecular flexibility index (Phi) is 3.96. The number of carbonyl (C=O) groups excluding carboxylic acids is 4. The summed E-state index contributed by atoms with van der Waals surface area (Å²) in [5.74, 6) is -4.41. The Bertz CT molecular complexity index is 276. The quantitative estimate of drug-likeness (QED) is 0.322. The molecule has 0 aromatic rings. The molecule has 0 aromatic heterocycles. The lowest BCUT2D eigenvalue weighted by Crippen LogP contribution is -2.25. The van der Waals surface area contributed by atoms with E-state index >= 15 is 0 Å². The fraction of sp³-hybridized carbons (Fsp3) is 0.556. The van der Waals surface area contributed by atoms with Crippen LogP contribution >= 0.6 is 0 Å². The maximum absolute atomic E-state index is 10.9. The first-order chi connectivity index (χ1) is 7.09. The Morgan fingerprint density at radius 2 is 1.07 bits per heavy atom. The summed E-state index contributed by atoms with van der Waals surface area (Å²) in [4.78, 5) is 43.5. The third kappa shape index (κ3) is 3.88. The molecule has 0 aliphatic carbocycles. The molecule has 0 N–H and O–H groups in total. The summed E-state index contributed by atoms with van der Waals surface area (Å²) in [5.41, 5.74) is 0. The largest absolute Gasteiger partial charge is 0.425 e. The van der Waals surface area contributed by atoms with Crippen molar-refractivity contribution in [3.63, 3.8) is 0 Å². The average molecular weight is 214 g/mol. The lowest BCUT2D eigenvalue weighted by Gasteiger charge is -1.99. The van der Waals surface area contributed by atoms with Crippen molar-refractivity contribution in [2.75, 3.05) is 0 Å². The van der Waals surface area contributed by atoms with E-state index in [0.717, 1.165) is 0 Å². The van der Waals surface area contributed by atoms with Crippen molar-refractivity contribution in [2.45, 2.75) is 32.1 Å². The molecule has 82 valence electrons. The molecule has 0 amide bonds. The van der Waals surface area contributed by atoms with Crippen LogP contribution in [0.4, 0.5) is 0 Å². The molecular weight excluding hydrogens is 204 g/mol. The van der Waals surface area contributed by atoms with Crippen LogP contribution in [0, 0.1) is 0 Å². The topological polar surface area (TPSA) is 86.7 Å². The molecule has 0 atom stereocenters. The number of cyclic esters (lactones) is 4. The molecule has 1 fully saturated rings. The molecule has 0 radical (unpaired) electrons. The highest BCUT2D eigenvalue weighted by molar-refractivity contribution is 6.33. The standard InChI is InChI=1S/C9H10O6/c10-6-4-2-1-3-5-7(11)15-9(13)8(12)14-6/h1-5H2. The first-order valence-electron chi connectivity index (χ1n) is 4.59. The third-order valence-corrected chi connectivity index (χ3v) is 1.84. The first-order valence-corrected chi connectivity index (χ1v) is 4.59. The van der Waals surface area contributed by atoms with Gasteiger partial charge in [-0.1, -0.05) is 6.42 Å². The Morgan fingerprint density at radius 1 is 0.667 bits per heavy atom. The maximum Gasteiger partial charge on any atom is 0.425 e. The average Bonchev–Trinajstić information content (AvgIpc) is 2.17. The van der Waals surface area contributed by atoms with Crippen molar-refractivity contribution in [2.24, 2.45) is 0 Å². The molecule has 1 heterocycles. The summed E-state index contributed by atoms with van der Waals surface area (Å²) >= 11 is 0. The predicted octanol–water partition coefficient (Wildman–Crippen LogP) is 0.0901. The summed E-state index contributed by atoms with van der Waals surface area (Å²) in [6.45, 7) is 0. The van der Waals surface area contributed by atoms with Gasteiger partial charge in [-0.05, 0) is 12.8 Å². The zero-order valence-corrected chi connectivity index (χ0v) is 7.99. The van der Waals surface area contributed by atoms with Crippen LogP contribution in [0.1, 0.15) is 32.1 Å². The number of hydrogen-bond donors (Lipinski definition) is 0. The van der Waals surface area contributed by atoms with Crippen LogP contribution in [0.5, 0.6) is 0 Å². The number of hydrogen-bond acceptors (Lipinski definition) is 6. The molecule has 6 nitrogen and oxygen atoms in total. The minimum Gasteiger partial charge on any atom is -0.384 e. The van der Waals surface area contributed by atoms with Crippen LogP contribution in [0.25, 0.3) is 0 Å². The molecule has 0 aromatic carbocycles. The molecule has 15 heavy (non-hydrogen) atoms. The van der Waals surface area contributed by atoms with Gasteiger partial charge in [0.2, 0.25) is 0 Å². The second-order valence-electron chi connectivity index (χ2n) is 3.08. The van der Waals surface area contributed by atoms with Gasteiger partial charge >= 0.3 is 23.9 Å². The molecular formula is C9H10O6. The van der Waals surface area contributed by atoms with E-state index in [2.05, 4.69) is 9.47 Å². The van der Waals surface area contributed by atoms with Crippen LogP contribution in [0.15, 0.2) is 0 Å². The van der Waals surface area contributed by atoms with Gasteiger partial charge in [0.05, 0.1) is 0 Å². The second-order valence-corrected chi connectivity index (χ2v) is 3.08. The minimum atomic E-state index is -1.43. The first kappa shape index (κ1) is 11.4. The molecule has 1 aliphatic heterocycles. The van der Waals surface area contributed by atoms with Crippen molar-refractivity contribution >= 4 is 23.9 Å². The highest BCUT2D eigenvalue weighted by atomic mass is 16.6. The van der Waals surface area contributed by atoms with Gasteiger partial charge in [-0.15, -0.1) is 0 Å². The Labute approximate surface area is 85.5 Å². The number of esters is 4. The Morgan fingerprint density at radius 3 is 1.47 bits per heavy atom. The lowest BCUT2D eigenvalue weighted by molar-refractivity contribution is -0.177. The van der Waals surface area contributed by atoms with Crippen molar-refractivity contribution in [3.05, 3.63) is 0 Å². The van der Waals surface area contributed by atoms with Crippen molar-refractivity contribution in [1.82, 2.24) is 0 Å². The maximum atomic E-state index is 10.9. The molecule has 1 aliphatic rings. The molecule has 6 heteroatoms. The highest BCUT2D eigenvalue weighted by Gasteiger charge is 2.24. The smallest absolute Gasteiger partial charge is 0.384 e.